The fraction of sp³-hybridized carbons (Fsp3) is 0.111. The number of benzene rings is 2. The Kier molecular flexibility index (Phi) is 4.30. The minimum absolute atomic E-state index is 0.0550. The number of H-pyrrole nitrogens is 1. The SMILES string of the molecule is O=C(N[C@H](Cc1c[nH]c2ccccc12)C(=O)O)c1c(O)cccc1O. The molecule has 3 aromatic rings. The number of aromatic nitrogens is 1. The van der Waals surface area contributed by atoms with Gasteiger partial charge in [0, 0.05) is 23.5 Å². The maximum atomic E-state index is 12.3. The Bertz CT molecular complexity index is 927. The van der Waals surface area contributed by atoms with Crippen molar-refractivity contribution in [3.8, 4) is 11.5 Å². The molecule has 25 heavy (non-hydrogen) atoms. The number of phenols is 2. The number of para-hydroxylation sites is 1. The summed E-state index contributed by atoms with van der Waals surface area (Å²) in [5.41, 5.74) is 1.25. The van der Waals surface area contributed by atoms with Gasteiger partial charge in [-0.25, -0.2) is 4.79 Å². The molecule has 0 radical (unpaired) electrons. The van der Waals surface area contributed by atoms with Gasteiger partial charge in [-0.1, -0.05) is 24.3 Å². The Morgan fingerprint density at radius 2 is 1.72 bits per heavy atom. The van der Waals surface area contributed by atoms with Crippen LogP contribution in [0.15, 0.2) is 48.7 Å². The molecule has 1 aromatic heterocycles. The minimum atomic E-state index is -1.22. The first-order valence-electron chi connectivity index (χ1n) is 7.57. The maximum Gasteiger partial charge on any atom is 0.326 e. The zero-order valence-electron chi connectivity index (χ0n) is 13.1. The van der Waals surface area contributed by atoms with Crippen LogP contribution < -0.4 is 5.32 Å². The van der Waals surface area contributed by atoms with E-state index in [0.717, 1.165) is 16.5 Å². The lowest BCUT2D eigenvalue weighted by atomic mass is 10.0. The second-order valence-electron chi connectivity index (χ2n) is 5.60. The quantitative estimate of drug-likeness (QED) is 0.486. The van der Waals surface area contributed by atoms with Gasteiger partial charge < -0.3 is 25.6 Å². The Morgan fingerprint density at radius 3 is 2.40 bits per heavy atom. The molecular formula is C18H16N2O5. The first-order chi connectivity index (χ1) is 12.0. The van der Waals surface area contributed by atoms with E-state index in [1.54, 1.807) is 6.20 Å². The van der Waals surface area contributed by atoms with Crippen LogP contribution in [0.2, 0.25) is 0 Å². The van der Waals surface area contributed by atoms with Crippen LogP contribution in [0.5, 0.6) is 11.5 Å². The molecular weight excluding hydrogens is 324 g/mol. The lowest BCUT2D eigenvalue weighted by molar-refractivity contribution is -0.139. The average Bonchev–Trinajstić information content (AvgIpc) is 2.97. The molecule has 0 aliphatic carbocycles. The highest BCUT2D eigenvalue weighted by atomic mass is 16.4. The third kappa shape index (κ3) is 3.25. The number of hydrogen-bond acceptors (Lipinski definition) is 4. The first kappa shape index (κ1) is 16.4. The van der Waals surface area contributed by atoms with E-state index in [1.807, 2.05) is 24.3 Å². The Morgan fingerprint density at radius 1 is 1.04 bits per heavy atom. The number of aromatic amines is 1. The van der Waals surface area contributed by atoms with Gasteiger partial charge in [0.05, 0.1) is 0 Å². The molecule has 0 fully saturated rings. The number of rotatable bonds is 5. The van der Waals surface area contributed by atoms with Gasteiger partial charge >= 0.3 is 5.97 Å². The molecule has 0 saturated heterocycles. The number of carboxylic acid groups (broad SMARTS) is 1. The smallest absolute Gasteiger partial charge is 0.326 e. The Balaban J connectivity index is 1.85. The molecule has 0 bridgehead atoms. The van der Waals surface area contributed by atoms with Crippen molar-refractivity contribution in [3.63, 3.8) is 0 Å². The van der Waals surface area contributed by atoms with Crippen LogP contribution in [0.25, 0.3) is 10.9 Å². The summed E-state index contributed by atoms with van der Waals surface area (Å²) in [4.78, 5) is 26.9. The van der Waals surface area contributed by atoms with Gasteiger partial charge in [0.25, 0.3) is 5.91 Å². The molecule has 0 unspecified atom stereocenters. The third-order valence-electron chi connectivity index (χ3n) is 3.95. The van der Waals surface area contributed by atoms with Crippen molar-refractivity contribution in [2.45, 2.75) is 12.5 Å². The predicted octanol–water partition coefficient (Wildman–Crippen LogP) is 2.00. The van der Waals surface area contributed by atoms with E-state index in [0.29, 0.717) is 0 Å². The Hall–Kier alpha value is -3.48. The lowest BCUT2D eigenvalue weighted by Crippen LogP contribution is -2.42. The molecule has 7 heteroatoms. The number of nitrogens with one attached hydrogen (secondary N) is 2. The van der Waals surface area contributed by atoms with E-state index >= 15 is 0 Å². The van der Waals surface area contributed by atoms with Crippen molar-refractivity contribution in [3.05, 3.63) is 59.8 Å². The van der Waals surface area contributed by atoms with Crippen LogP contribution in [-0.2, 0) is 11.2 Å². The summed E-state index contributed by atoms with van der Waals surface area (Å²) in [6.07, 6.45) is 1.75. The summed E-state index contributed by atoms with van der Waals surface area (Å²) in [5.74, 6) is -2.92. The highest BCUT2D eigenvalue weighted by Crippen LogP contribution is 2.26. The fourth-order valence-corrected chi connectivity index (χ4v) is 2.71. The largest absolute Gasteiger partial charge is 0.507 e. The van der Waals surface area contributed by atoms with E-state index in [4.69, 9.17) is 0 Å². The summed E-state index contributed by atoms with van der Waals surface area (Å²) in [6.45, 7) is 0. The number of aromatic hydroxyl groups is 2. The number of aliphatic carboxylic acids is 1. The molecule has 2 aromatic carbocycles. The molecule has 0 spiro atoms. The number of carboxylic acids is 1. The molecule has 3 rings (SSSR count). The van der Waals surface area contributed by atoms with Crippen LogP contribution in [0.1, 0.15) is 15.9 Å². The molecule has 1 atom stereocenters. The van der Waals surface area contributed by atoms with Gasteiger partial charge in [0.1, 0.15) is 23.1 Å². The molecule has 1 amide bonds. The molecule has 7 nitrogen and oxygen atoms in total. The molecule has 0 saturated carbocycles. The lowest BCUT2D eigenvalue weighted by Gasteiger charge is -2.15. The molecule has 1 heterocycles. The van der Waals surface area contributed by atoms with Gasteiger partial charge in [-0.2, -0.15) is 0 Å². The second kappa shape index (κ2) is 6.56. The Labute approximate surface area is 142 Å². The van der Waals surface area contributed by atoms with Crippen molar-refractivity contribution in [1.82, 2.24) is 10.3 Å². The van der Waals surface area contributed by atoms with Gasteiger partial charge in [-0.3, -0.25) is 4.79 Å². The molecule has 5 N–H and O–H groups in total. The third-order valence-corrected chi connectivity index (χ3v) is 3.95. The van der Waals surface area contributed by atoms with Crippen molar-refractivity contribution < 1.29 is 24.9 Å². The highest BCUT2D eigenvalue weighted by molar-refractivity contribution is 6.01. The highest BCUT2D eigenvalue weighted by Gasteiger charge is 2.25. The first-order valence-corrected chi connectivity index (χ1v) is 7.57. The number of phenolic OH excluding ortho intramolecular Hbond substituents is 2. The minimum Gasteiger partial charge on any atom is -0.507 e. The zero-order chi connectivity index (χ0) is 18.0. The van der Waals surface area contributed by atoms with Crippen LogP contribution in [0, 0.1) is 0 Å². The monoisotopic (exact) mass is 340 g/mol. The molecule has 128 valence electrons. The van der Waals surface area contributed by atoms with Crippen LogP contribution >= 0.6 is 0 Å². The van der Waals surface area contributed by atoms with E-state index in [1.165, 1.54) is 18.2 Å². The van der Waals surface area contributed by atoms with Crippen molar-refractivity contribution in [1.29, 1.82) is 0 Å². The maximum absolute atomic E-state index is 12.3. The molecule has 0 aliphatic rings. The predicted molar refractivity (Wildman–Crippen MR) is 90.7 cm³/mol. The number of carbonyl (C=O) groups excluding carboxylic acids is 1. The van der Waals surface area contributed by atoms with Crippen molar-refractivity contribution >= 4 is 22.8 Å². The van der Waals surface area contributed by atoms with Gasteiger partial charge in [-0.15, -0.1) is 0 Å². The van der Waals surface area contributed by atoms with Crippen molar-refractivity contribution in [2.24, 2.45) is 0 Å². The fourth-order valence-electron chi connectivity index (χ4n) is 2.71. The zero-order valence-corrected chi connectivity index (χ0v) is 13.1. The van der Waals surface area contributed by atoms with Crippen LogP contribution in [0.3, 0.4) is 0 Å². The number of hydrogen-bond donors (Lipinski definition) is 5. The number of fused-ring (bicyclic) bond motifs is 1. The van der Waals surface area contributed by atoms with E-state index in [-0.39, 0.29) is 12.0 Å². The summed E-state index contributed by atoms with van der Waals surface area (Å²) in [5, 5.41) is 32.1. The topological polar surface area (TPSA) is 123 Å². The number of amides is 1. The van der Waals surface area contributed by atoms with E-state index in [9.17, 15) is 24.9 Å². The standard InChI is InChI=1S/C18H16N2O5/c21-14-6-3-7-15(22)16(14)17(23)20-13(18(24)25)8-10-9-19-12-5-2-1-4-11(10)12/h1-7,9,13,19,21-22H,8H2,(H,20,23)(H,24,25)/t13-/m1/s1. The van der Waals surface area contributed by atoms with Crippen LogP contribution in [0.4, 0.5) is 0 Å². The summed E-state index contributed by atoms with van der Waals surface area (Å²) >= 11 is 0. The van der Waals surface area contributed by atoms with E-state index < -0.39 is 29.4 Å². The summed E-state index contributed by atoms with van der Waals surface area (Å²) < 4.78 is 0. The average molecular weight is 340 g/mol. The normalized spacial score (nSPS) is 12.0. The van der Waals surface area contributed by atoms with Gasteiger partial charge in [-0.05, 0) is 23.8 Å². The van der Waals surface area contributed by atoms with Gasteiger partial charge in [0.15, 0.2) is 0 Å². The summed E-state index contributed by atoms with van der Waals surface area (Å²) in [6, 6.07) is 10.1. The van der Waals surface area contributed by atoms with Gasteiger partial charge in [0.2, 0.25) is 0 Å². The van der Waals surface area contributed by atoms with Crippen molar-refractivity contribution in [2.75, 3.05) is 0 Å². The summed E-state index contributed by atoms with van der Waals surface area (Å²) in [7, 11) is 0. The number of carbonyl (C=O) groups is 2. The van der Waals surface area contributed by atoms with E-state index in [2.05, 4.69) is 10.3 Å². The molecule has 0 aliphatic heterocycles. The second-order valence-corrected chi connectivity index (χ2v) is 5.60. The van der Waals surface area contributed by atoms with Crippen LogP contribution in [-0.4, -0.2) is 38.2 Å².